The van der Waals surface area contributed by atoms with Crippen LogP contribution in [-0.2, 0) is 11.8 Å². The second-order valence-electron chi connectivity index (χ2n) is 4.09. The number of nitrogens with one attached hydrogen (secondary N) is 1. The van der Waals surface area contributed by atoms with E-state index in [1.165, 1.54) is 0 Å². The third-order valence-electron chi connectivity index (χ3n) is 2.52. The first-order chi connectivity index (χ1) is 6.60. The summed E-state index contributed by atoms with van der Waals surface area (Å²) in [6, 6.07) is 0. The van der Waals surface area contributed by atoms with Crippen LogP contribution in [0.4, 0.5) is 0 Å². The zero-order chi connectivity index (χ0) is 10.6. The van der Waals surface area contributed by atoms with E-state index < -0.39 is 0 Å². The molecule has 0 unspecified atom stereocenters. The van der Waals surface area contributed by atoms with Gasteiger partial charge in [0.2, 0.25) is 0 Å². The Morgan fingerprint density at radius 2 is 2.07 bits per heavy atom. The number of aromatic nitrogens is 2. The van der Waals surface area contributed by atoms with Crippen LogP contribution in [0.2, 0.25) is 0 Å². The van der Waals surface area contributed by atoms with Crippen LogP contribution in [0.15, 0.2) is 0 Å². The van der Waals surface area contributed by atoms with Crippen molar-refractivity contribution < 1.29 is 0 Å². The summed E-state index contributed by atoms with van der Waals surface area (Å²) in [5, 5.41) is 13.9. The summed E-state index contributed by atoms with van der Waals surface area (Å²) in [6.45, 7) is 7.60. The van der Waals surface area contributed by atoms with E-state index in [1.54, 1.807) is 11.3 Å². The molecule has 0 amide bonds. The van der Waals surface area contributed by atoms with Gasteiger partial charge >= 0.3 is 0 Å². The monoisotopic (exact) mass is 213 g/mol. The average Bonchev–Trinajstić information content (AvgIpc) is 2.63. The van der Waals surface area contributed by atoms with E-state index in [9.17, 15) is 0 Å². The van der Waals surface area contributed by atoms with Gasteiger partial charge in [0.25, 0.3) is 0 Å². The number of rotatable bonds is 5. The molecule has 4 heteroatoms. The van der Waals surface area contributed by atoms with Crippen molar-refractivity contribution in [2.75, 3.05) is 13.6 Å². The van der Waals surface area contributed by atoms with Crippen LogP contribution in [0.3, 0.4) is 0 Å². The molecule has 0 atom stereocenters. The van der Waals surface area contributed by atoms with Crippen molar-refractivity contribution in [3.63, 3.8) is 0 Å². The Bertz CT molecular complexity index is 281. The van der Waals surface area contributed by atoms with E-state index >= 15 is 0 Å². The van der Waals surface area contributed by atoms with Crippen molar-refractivity contribution in [3.05, 3.63) is 10.0 Å². The molecule has 0 saturated heterocycles. The minimum atomic E-state index is 0.176. The first kappa shape index (κ1) is 11.6. The van der Waals surface area contributed by atoms with Gasteiger partial charge in [0.1, 0.15) is 10.0 Å². The Kier molecular flexibility index (Phi) is 4.01. The van der Waals surface area contributed by atoms with Gasteiger partial charge in [-0.3, -0.25) is 0 Å². The highest BCUT2D eigenvalue weighted by Crippen LogP contribution is 2.29. The standard InChI is InChI=1S/C10H19N3S/c1-5-10(2,3)9-13-12-8(14-9)6-7-11-4/h11H,5-7H2,1-4H3. The topological polar surface area (TPSA) is 37.8 Å². The van der Waals surface area contributed by atoms with Crippen molar-refractivity contribution in [2.24, 2.45) is 0 Å². The quantitative estimate of drug-likeness (QED) is 0.813. The molecule has 3 nitrogen and oxygen atoms in total. The maximum atomic E-state index is 4.25. The molecule has 0 radical (unpaired) electrons. The van der Waals surface area contributed by atoms with E-state index in [-0.39, 0.29) is 5.41 Å². The largest absolute Gasteiger partial charge is 0.319 e. The van der Waals surface area contributed by atoms with E-state index in [2.05, 4.69) is 36.3 Å². The number of nitrogens with zero attached hydrogens (tertiary/aromatic N) is 2. The normalized spacial score (nSPS) is 12.0. The Hall–Kier alpha value is -0.480. The minimum Gasteiger partial charge on any atom is -0.319 e. The molecule has 0 aliphatic heterocycles. The fraction of sp³-hybridized carbons (Fsp3) is 0.800. The van der Waals surface area contributed by atoms with Gasteiger partial charge in [-0.2, -0.15) is 0 Å². The molecule has 0 aliphatic carbocycles. The van der Waals surface area contributed by atoms with Gasteiger partial charge in [-0.15, -0.1) is 21.5 Å². The number of hydrogen-bond donors (Lipinski definition) is 1. The summed E-state index contributed by atoms with van der Waals surface area (Å²) in [5.74, 6) is 0. The third-order valence-corrected chi connectivity index (χ3v) is 3.87. The smallest absolute Gasteiger partial charge is 0.123 e. The molecule has 0 spiro atoms. The zero-order valence-corrected chi connectivity index (χ0v) is 10.2. The van der Waals surface area contributed by atoms with Crippen LogP contribution in [-0.4, -0.2) is 23.8 Å². The first-order valence-corrected chi connectivity index (χ1v) is 5.89. The maximum Gasteiger partial charge on any atom is 0.123 e. The van der Waals surface area contributed by atoms with Gasteiger partial charge in [0.15, 0.2) is 0 Å². The molecule has 0 bridgehead atoms. The predicted molar refractivity (Wildman–Crippen MR) is 60.9 cm³/mol. The average molecular weight is 213 g/mol. The lowest BCUT2D eigenvalue weighted by molar-refractivity contribution is 0.498. The fourth-order valence-corrected chi connectivity index (χ4v) is 2.02. The van der Waals surface area contributed by atoms with Crippen LogP contribution in [0.25, 0.3) is 0 Å². The van der Waals surface area contributed by atoms with Gasteiger partial charge in [-0.05, 0) is 13.5 Å². The van der Waals surface area contributed by atoms with Crippen LogP contribution >= 0.6 is 11.3 Å². The van der Waals surface area contributed by atoms with Crippen LogP contribution in [0.5, 0.6) is 0 Å². The molecule has 1 N–H and O–H groups in total. The van der Waals surface area contributed by atoms with Crippen molar-refractivity contribution in [1.29, 1.82) is 0 Å². The first-order valence-electron chi connectivity index (χ1n) is 5.07. The Morgan fingerprint density at radius 1 is 1.36 bits per heavy atom. The minimum absolute atomic E-state index is 0.176. The summed E-state index contributed by atoms with van der Waals surface area (Å²) >= 11 is 1.74. The van der Waals surface area contributed by atoms with Crippen molar-refractivity contribution in [2.45, 2.75) is 39.0 Å². The van der Waals surface area contributed by atoms with E-state index in [1.807, 2.05) is 7.05 Å². The second kappa shape index (κ2) is 4.84. The molecule has 14 heavy (non-hydrogen) atoms. The lowest BCUT2D eigenvalue weighted by Gasteiger charge is -2.17. The fourth-order valence-electron chi connectivity index (χ4n) is 1.01. The Labute approximate surface area is 89.9 Å². The molecular weight excluding hydrogens is 194 g/mol. The Balaban J connectivity index is 2.67. The summed E-state index contributed by atoms with van der Waals surface area (Å²) < 4.78 is 0. The van der Waals surface area contributed by atoms with Gasteiger partial charge in [-0.25, -0.2) is 0 Å². The highest BCUT2D eigenvalue weighted by atomic mass is 32.1. The van der Waals surface area contributed by atoms with Gasteiger partial charge < -0.3 is 5.32 Å². The molecule has 0 aromatic carbocycles. The van der Waals surface area contributed by atoms with Gasteiger partial charge in [0.05, 0.1) is 0 Å². The highest BCUT2D eigenvalue weighted by Gasteiger charge is 2.22. The molecule has 0 fully saturated rings. The van der Waals surface area contributed by atoms with Crippen molar-refractivity contribution in [1.82, 2.24) is 15.5 Å². The summed E-state index contributed by atoms with van der Waals surface area (Å²) in [7, 11) is 1.96. The highest BCUT2D eigenvalue weighted by molar-refractivity contribution is 7.11. The van der Waals surface area contributed by atoms with E-state index in [4.69, 9.17) is 0 Å². The van der Waals surface area contributed by atoms with E-state index in [0.29, 0.717) is 0 Å². The molecule has 1 rings (SSSR count). The molecule has 0 aliphatic rings. The maximum absolute atomic E-state index is 4.25. The molecular formula is C10H19N3S. The lowest BCUT2D eigenvalue weighted by atomic mass is 9.91. The third kappa shape index (κ3) is 2.75. The van der Waals surface area contributed by atoms with Crippen molar-refractivity contribution >= 4 is 11.3 Å². The van der Waals surface area contributed by atoms with Gasteiger partial charge in [0, 0.05) is 18.4 Å². The molecule has 0 saturated carbocycles. The summed E-state index contributed by atoms with van der Waals surface area (Å²) in [4.78, 5) is 0. The number of hydrogen-bond acceptors (Lipinski definition) is 4. The molecule has 1 heterocycles. The van der Waals surface area contributed by atoms with Crippen LogP contribution in [0, 0.1) is 0 Å². The van der Waals surface area contributed by atoms with Crippen LogP contribution in [0.1, 0.15) is 37.2 Å². The zero-order valence-electron chi connectivity index (χ0n) is 9.42. The molecule has 1 aromatic rings. The number of likely N-dealkylation sites (N-methyl/N-ethyl adjacent to an activating group) is 1. The van der Waals surface area contributed by atoms with Crippen LogP contribution < -0.4 is 5.32 Å². The SMILES string of the molecule is CCC(C)(C)c1nnc(CCNC)s1. The van der Waals surface area contributed by atoms with Gasteiger partial charge in [-0.1, -0.05) is 20.8 Å². The molecule has 80 valence electrons. The summed E-state index contributed by atoms with van der Waals surface area (Å²) in [5.41, 5.74) is 0.176. The predicted octanol–water partition coefficient (Wildman–Crippen LogP) is 1.99. The van der Waals surface area contributed by atoms with E-state index in [0.717, 1.165) is 29.4 Å². The Morgan fingerprint density at radius 3 is 2.64 bits per heavy atom. The molecule has 1 aromatic heterocycles. The summed E-state index contributed by atoms with van der Waals surface area (Å²) in [6.07, 6.45) is 2.08. The lowest BCUT2D eigenvalue weighted by Crippen LogP contribution is -2.14. The van der Waals surface area contributed by atoms with Crippen molar-refractivity contribution in [3.8, 4) is 0 Å². The second-order valence-corrected chi connectivity index (χ2v) is 5.15.